The monoisotopic (exact) mass is 264 g/mol. The van der Waals surface area contributed by atoms with Crippen molar-refractivity contribution in [3.05, 3.63) is 23.8 Å². The largest absolute Gasteiger partial charge is 0.495 e. The molecule has 0 radical (unpaired) electrons. The van der Waals surface area contributed by atoms with Gasteiger partial charge in [-0.2, -0.15) is 0 Å². The van der Waals surface area contributed by atoms with Gasteiger partial charge in [0, 0.05) is 13.6 Å². The predicted octanol–water partition coefficient (Wildman–Crippen LogP) is 3.04. The molecule has 0 bridgehead atoms. The number of methoxy groups -OCH3 is 1. The number of nitrogens with zero attached hydrogens (tertiary/aromatic N) is 1. The Morgan fingerprint density at radius 3 is 2.47 bits per heavy atom. The summed E-state index contributed by atoms with van der Waals surface area (Å²) in [5.41, 5.74) is 2.67. The van der Waals surface area contributed by atoms with Crippen LogP contribution in [-0.2, 0) is 5.41 Å². The number of anilines is 1. The molecule has 1 rings (SSSR count). The summed E-state index contributed by atoms with van der Waals surface area (Å²) >= 11 is 0. The van der Waals surface area contributed by atoms with Gasteiger partial charge in [-0.1, -0.05) is 26.8 Å². The van der Waals surface area contributed by atoms with Gasteiger partial charge in [-0.15, -0.1) is 0 Å². The molecule has 0 atom stereocenters. The van der Waals surface area contributed by atoms with Crippen LogP contribution < -0.4 is 15.0 Å². The van der Waals surface area contributed by atoms with Gasteiger partial charge in [0.05, 0.1) is 12.8 Å². The smallest absolute Gasteiger partial charge is 0.142 e. The van der Waals surface area contributed by atoms with Crippen molar-refractivity contribution in [3.63, 3.8) is 0 Å². The van der Waals surface area contributed by atoms with Crippen molar-refractivity contribution in [2.24, 2.45) is 0 Å². The fraction of sp³-hybridized carbons (Fsp3) is 0.625. The Bertz CT molecular complexity index is 396. The van der Waals surface area contributed by atoms with Gasteiger partial charge in [-0.3, -0.25) is 0 Å². The van der Waals surface area contributed by atoms with E-state index < -0.39 is 0 Å². The number of ether oxygens (including phenoxy) is 1. The van der Waals surface area contributed by atoms with E-state index in [0.717, 1.165) is 25.3 Å². The van der Waals surface area contributed by atoms with Gasteiger partial charge in [-0.05, 0) is 43.1 Å². The number of benzene rings is 1. The maximum Gasteiger partial charge on any atom is 0.142 e. The minimum Gasteiger partial charge on any atom is -0.495 e. The summed E-state index contributed by atoms with van der Waals surface area (Å²) in [7, 11) is 5.85. The lowest BCUT2D eigenvalue weighted by Gasteiger charge is -2.26. The highest BCUT2D eigenvalue weighted by molar-refractivity contribution is 5.60. The second-order valence-electron chi connectivity index (χ2n) is 6.02. The molecule has 0 aliphatic rings. The fourth-order valence-electron chi connectivity index (χ4n) is 2.07. The molecule has 0 aliphatic heterocycles. The minimum atomic E-state index is 0.160. The summed E-state index contributed by atoms with van der Waals surface area (Å²) in [6.45, 7) is 8.76. The highest BCUT2D eigenvalue weighted by atomic mass is 16.5. The van der Waals surface area contributed by atoms with Crippen molar-refractivity contribution in [1.29, 1.82) is 0 Å². The van der Waals surface area contributed by atoms with E-state index in [4.69, 9.17) is 4.74 Å². The zero-order valence-electron chi connectivity index (χ0n) is 13.2. The summed E-state index contributed by atoms with van der Waals surface area (Å²) < 4.78 is 5.48. The molecule has 1 aromatic rings. The van der Waals surface area contributed by atoms with Crippen LogP contribution in [0.25, 0.3) is 0 Å². The van der Waals surface area contributed by atoms with E-state index >= 15 is 0 Å². The van der Waals surface area contributed by atoms with Crippen LogP contribution in [0.15, 0.2) is 18.2 Å². The quantitative estimate of drug-likeness (QED) is 0.799. The van der Waals surface area contributed by atoms with E-state index in [-0.39, 0.29) is 5.41 Å². The molecule has 108 valence electrons. The molecule has 1 aromatic carbocycles. The molecule has 0 amide bonds. The fourth-order valence-corrected chi connectivity index (χ4v) is 2.07. The minimum absolute atomic E-state index is 0.160. The highest BCUT2D eigenvalue weighted by Gasteiger charge is 2.17. The molecule has 3 heteroatoms. The summed E-state index contributed by atoms with van der Waals surface area (Å²) in [6, 6.07) is 6.48. The molecule has 0 saturated heterocycles. The highest BCUT2D eigenvalue weighted by Crippen LogP contribution is 2.33. The molecule has 0 aliphatic carbocycles. The lowest BCUT2D eigenvalue weighted by atomic mass is 9.86. The van der Waals surface area contributed by atoms with Crippen LogP contribution in [0, 0.1) is 0 Å². The molecule has 3 nitrogen and oxygen atoms in total. The topological polar surface area (TPSA) is 24.5 Å². The molecule has 0 unspecified atom stereocenters. The zero-order valence-corrected chi connectivity index (χ0v) is 13.2. The van der Waals surface area contributed by atoms with Gasteiger partial charge in [0.2, 0.25) is 0 Å². The Morgan fingerprint density at radius 2 is 1.95 bits per heavy atom. The first-order chi connectivity index (χ1) is 8.90. The van der Waals surface area contributed by atoms with Gasteiger partial charge in [0.25, 0.3) is 0 Å². The molecule has 0 saturated carbocycles. The number of hydrogen-bond acceptors (Lipinski definition) is 3. The first-order valence-corrected chi connectivity index (χ1v) is 6.94. The lowest BCUT2D eigenvalue weighted by Crippen LogP contribution is -2.23. The molecule has 1 N–H and O–H groups in total. The van der Waals surface area contributed by atoms with Crippen molar-refractivity contribution in [2.75, 3.05) is 39.2 Å². The summed E-state index contributed by atoms with van der Waals surface area (Å²) in [5, 5.41) is 3.18. The summed E-state index contributed by atoms with van der Waals surface area (Å²) in [6.07, 6.45) is 1.12. The third-order valence-electron chi connectivity index (χ3n) is 3.38. The molecule has 0 heterocycles. The first-order valence-electron chi connectivity index (χ1n) is 6.94. The van der Waals surface area contributed by atoms with E-state index in [9.17, 15) is 0 Å². The molecular weight excluding hydrogens is 236 g/mol. The second kappa shape index (κ2) is 6.80. The van der Waals surface area contributed by atoms with Gasteiger partial charge >= 0.3 is 0 Å². The number of hydrogen-bond donors (Lipinski definition) is 1. The second-order valence-corrected chi connectivity index (χ2v) is 6.02. The van der Waals surface area contributed by atoms with Crippen molar-refractivity contribution in [1.82, 2.24) is 5.32 Å². The molecule has 0 aromatic heterocycles. The summed E-state index contributed by atoms with van der Waals surface area (Å²) in [4.78, 5) is 2.27. The zero-order chi connectivity index (χ0) is 14.5. The average Bonchev–Trinajstić information content (AvgIpc) is 2.37. The normalized spacial score (nSPS) is 11.5. The first kappa shape index (κ1) is 15.8. The van der Waals surface area contributed by atoms with Gasteiger partial charge in [0.15, 0.2) is 0 Å². The van der Waals surface area contributed by atoms with Crippen LogP contribution in [0.2, 0.25) is 0 Å². The van der Waals surface area contributed by atoms with Crippen molar-refractivity contribution < 1.29 is 4.74 Å². The van der Waals surface area contributed by atoms with E-state index in [1.807, 2.05) is 7.05 Å². The standard InChI is InChI=1S/C16H28N2O/c1-16(2,3)13-8-9-15(19-6)14(12-13)18(5)11-7-10-17-4/h8-9,12,17H,7,10-11H2,1-6H3. The van der Waals surface area contributed by atoms with Crippen LogP contribution in [0.1, 0.15) is 32.8 Å². The molecular formula is C16H28N2O. The van der Waals surface area contributed by atoms with E-state index in [1.165, 1.54) is 11.3 Å². The Balaban J connectivity index is 2.95. The van der Waals surface area contributed by atoms with Crippen LogP contribution >= 0.6 is 0 Å². The SMILES string of the molecule is CNCCCN(C)c1cc(C(C)(C)C)ccc1OC. The van der Waals surface area contributed by atoms with Gasteiger partial charge < -0.3 is 15.0 Å². The maximum absolute atomic E-state index is 5.48. The molecule has 0 spiro atoms. The number of nitrogens with one attached hydrogen (secondary N) is 1. The van der Waals surface area contributed by atoms with Crippen LogP contribution in [0.4, 0.5) is 5.69 Å². The van der Waals surface area contributed by atoms with E-state index in [1.54, 1.807) is 7.11 Å². The Kier molecular flexibility index (Phi) is 5.67. The van der Waals surface area contributed by atoms with Crippen molar-refractivity contribution >= 4 is 5.69 Å². The van der Waals surface area contributed by atoms with E-state index in [0.29, 0.717) is 0 Å². The predicted molar refractivity (Wildman–Crippen MR) is 83.5 cm³/mol. The maximum atomic E-state index is 5.48. The third-order valence-corrected chi connectivity index (χ3v) is 3.38. The lowest BCUT2D eigenvalue weighted by molar-refractivity contribution is 0.414. The Morgan fingerprint density at radius 1 is 1.26 bits per heavy atom. The van der Waals surface area contributed by atoms with E-state index in [2.05, 4.69) is 56.2 Å². The average molecular weight is 264 g/mol. The van der Waals surface area contributed by atoms with Crippen molar-refractivity contribution in [3.8, 4) is 5.75 Å². The van der Waals surface area contributed by atoms with Crippen LogP contribution in [0.3, 0.4) is 0 Å². The third kappa shape index (κ3) is 4.43. The van der Waals surface area contributed by atoms with Gasteiger partial charge in [-0.25, -0.2) is 0 Å². The summed E-state index contributed by atoms with van der Waals surface area (Å²) in [5.74, 6) is 0.944. The Hall–Kier alpha value is -1.22. The van der Waals surface area contributed by atoms with Crippen LogP contribution in [0.5, 0.6) is 5.75 Å². The molecule has 0 fully saturated rings. The van der Waals surface area contributed by atoms with Gasteiger partial charge in [0.1, 0.15) is 5.75 Å². The Labute approximate surface area is 118 Å². The van der Waals surface area contributed by atoms with Crippen molar-refractivity contribution in [2.45, 2.75) is 32.6 Å². The number of rotatable bonds is 6. The molecule has 19 heavy (non-hydrogen) atoms. The van der Waals surface area contributed by atoms with Crippen LogP contribution in [-0.4, -0.2) is 34.3 Å².